The predicted molar refractivity (Wildman–Crippen MR) is 124 cm³/mol. The van der Waals surface area contributed by atoms with Gasteiger partial charge in [0.1, 0.15) is 11.5 Å². The van der Waals surface area contributed by atoms with Crippen molar-refractivity contribution in [2.75, 3.05) is 26.4 Å². The van der Waals surface area contributed by atoms with Gasteiger partial charge in [-0.2, -0.15) is 10.2 Å². The number of nitrogens with zero attached hydrogens (tertiary/aromatic N) is 2. The van der Waals surface area contributed by atoms with Crippen LogP contribution in [0.25, 0.3) is 0 Å². The molecule has 0 aromatic heterocycles. The van der Waals surface area contributed by atoms with Crippen LogP contribution in [0.15, 0.2) is 58.8 Å². The largest absolute Gasteiger partial charge is 0.494 e. The maximum absolute atomic E-state index is 9.05. The Bertz CT molecular complexity index is 728. The van der Waals surface area contributed by atoms with Crippen LogP contribution in [0.2, 0.25) is 0 Å². The van der Waals surface area contributed by atoms with Crippen molar-refractivity contribution in [2.24, 2.45) is 16.1 Å². The number of aliphatic hydroxyl groups excluding tert-OH is 2. The minimum absolute atomic E-state index is 0.00412. The summed E-state index contributed by atoms with van der Waals surface area (Å²) < 4.78 is 11.5. The topological polar surface area (TPSA) is 83.6 Å². The van der Waals surface area contributed by atoms with Gasteiger partial charge in [0.25, 0.3) is 0 Å². The molecule has 0 aliphatic carbocycles. The van der Waals surface area contributed by atoms with Crippen LogP contribution in [0.5, 0.6) is 11.5 Å². The minimum atomic E-state index is 0.00412. The first-order chi connectivity index (χ1) is 15.2. The quantitative estimate of drug-likeness (QED) is 0.246. The Kier molecular flexibility index (Phi) is 12.3. The lowest BCUT2D eigenvalue weighted by Crippen LogP contribution is -2.10. The molecule has 0 amide bonds. The molecule has 0 aliphatic rings. The molecule has 0 bridgehead atoms. The van der Waals surface area contributed by atoms with Crippen LogP contribution in [-0.2, 0) is 0 Å². The van der Waals surface area contributed by atoms with Crippen LogP contribution in [0.1, 0.15) is 51.9 Å². The molecule has 0 spiro atoms. The Hall–Kier alpha value is -2.44. The van der Waals surface area contributed by atoms with E-state index in [9.17, 15) is 0 Å². The number of benzene rings is 2. The maximum atomic E-state index is 9.05. The molecular weight excluding hydrogens is 392 g/mol. The van der Waals surface area contributed by atoms with E-state index in [-0.39, 0.29) is 19.1 Å². The summed E-state index contributed by atoms with van der Waals surface area (Å²) in [6.45, 7) is 3.68. The van der Waals surface area contributed by atoms with E-state index in [4.69, 9.17) is 19.7 Å². The van der Waals surface area contributed by atoms with E-state index in [2.05, 4.69) is 17.2 Å². The normalized spacial score (nSPS) is 11.4. The molecule has 2 aromatic rings. The minimum Gasteiger partial charge on any atom is -0.494 e. The van der Waals surface area contributed by atoms with E-state index < -0.39 is 0 Å². The lowest BCUT2D eigenvalue weighted by molar-refractivity contribution is 0.141. The first kappa shape index (κ1) is 24.8. The summed E-state index contributed by atoms with van der Waals surface area (Å²) in [7, 11) is 0. The maximum Gasteiger partial charge on any atom is 0.119 e. The molecule has 6 nitrogen and oxygen atoms in total. The first-order valence-corrected chi connectivity index (χ1v) is 11.3. The first-order valence-electron chi connectivity index (χ1n) is 11.3. The van der Waals surface area contributed by atoms with Crippen LogP contribution in [-0.4, -0.2) is 36.6 Å². The molecule has 0 heterocycles. The van der Waals surface area contributed by atoms with Crippen molar-refractivity contribution in [1.29, 1.82) is 0 Å². The van der Waals surface area contributed by atoms with Gasteiger partial charge in [-0.3, -0.25) is 0 Å². The van der Waals surface area contributed by atoms with Gasteiger partial charge in [0.2, 0.25) is 0 Å². The van der Waals surface area contributed by atoms with E-state index in [1.807, 2.05) is 48.5 Å². The zero-order chi connectivity index (χ0) is 22.2. The summed E-state index contributed by atoms with van der Waals surface area (Å²) >= 11 is 0. The molecule has 0 unspecified atom stereocenters. The molecule has 2 N–H and O–H groups in total. The number of ether oxygens (including phenoxy) is 2. The van der Waals surface area contributed by atoms with Gasteiger partial charge in [-0.25, -0.2) is 0 Å². The third-order valence-electron chi connectivity index (χ3n) is 5.01. The highest BCUT2D eigenvalue weighted by Gasteiger charge is 2.04. The number of hydrogen-bond acceptors (Lipinski definition) is 6. The number of unbranched alkanes of at least 4 members (excludes halogenated alkanes) is 4. The summed E-state index contributed by atoms with van der Waals surface area (Å²) in [6.07, 6.45) is 7.26. The van der Waals surface area contributed by atoms with Gasteiger partial charge in [0, 0.05) is 19.1 Å². The van der Waals surface area contributed by atoms with Crippen molar-refractivity contribution in [3.63, 3.8) is 0 Å². The molecule has 0 radical (unpaired) electrons. The van der Waals surface area contributed by atoms with Crippen molar-refractivity contribution in [1.82, 2.24) is 0 Å². The zero-order valence-electron chi connectivity index (χ0n) is 18.6. The van der Waals surface area contributed by atoms with Crippen molar-refractivity contribution >= 4 is 11.4 Å². The Morgan fingerprint density at radius 2 is 1.16 bits per heavy atom. The standard InChI is InChI=1S/C25H36N2O4/c1-2-3-6-17-30-24-13-9-22(10-14-24)26-27-23-11-15-25(16-12-23)31-18-7-4-5-8-21(19-28)20-29/h9-16,21,28-29H,2-8,17-20H2,1H3. The van der Waals surface area contributed by atoms with Crippen LogP contribution in [0.4, 0.5) is 11.4 Å². The van der Waals surface area contributed by atoms with E-state index in [0.717, 1.165) is 61.6 Å². The molecule has 0 saturated heterocycles. The van der Waals surface area contributed by atoms with Gasteiger partial charge < -0.3 is 19.7 Å². The van der Waals surface area contributed by atoms with Gasteiger partial charge in [0.15, 0.2) is 0 Å². The van der Waals surface area contributed by atoms with E-state index in [1.165, 1.54) is 12.8 Å². The molecule has 0 aliphatic heterocycles. The molecule has 6 heteroatoms. The second kappa shape index (κ2) is 15.4. The van der Waals surface area contributed by atoms with Crippen LogP contribution in [0.3, 0.4) is 0 Å². The number of hydrogen-bond donors (Lipinski definition) is 2. The highest BCUT2D eigenvalue weighted by molar-refractivity contribution is 5.44. The fourth-order valence-electron chi connectivity index (χ4n) is 3.02. The third kappa shape index (κ3) is 10.4. The van der Waals surface area contributed by atoms with Gasteiger partial charge in [-0.15, -0.1) is 0 Å². The van der Waals surface area contributed by atoms with Crippen molar-refractivity contribution in [3.05, 3.63) is 48.5 Å². The van der Waals surface area contributed by atoms with E-state index >= 15 is 0 Å². The third-order valence-corrected chi connectivity index (χ3v) is 5.01. The lowest BCUT2D eigenvalue weighted by Gasteiger charge is -2.10. The average Bonchev–Trinajstić information content (AvgIpc) is 2.81. The van der Waals surface area contributed by atoms with Gasteiger partial charge >= 0.3 is 0 Å². The van der Waals surface area contributed by atoms with Crippen molar-refractivity contribution in [2.45, 2.75) is 51.9 Å². The fraction of sp³-hybridized carbons (Fsp3) is 0.520. The summed E-state index contributed by atoms with van der Waals surface area (Å²) in [5.41, 5.74) is 1.55. The van der Waals surface area contributed by atoms with E-state index in [1.54, 1.807) is 0 Å². The zero-order valence-corrected chi connectivity index (χ0v) is 18.6. The monoisotopic (exact) mass is 428 g/mol. The molecule has 2 rings (SSSR count). The number of azo groups is 1. The van der Waals surface area contributed by atoms with Crippen molar-refractivity contribution < 1.29 is 19.7 Å². The summed E-state index contributed by atoms with van der Waals surface area (Å²) in [5.74, 6) is 1.68. The predicted octanol–water partition coefficient (Wildman–Crippen LogP) is 6.21. The van der Waals surface area contributed by atoms with Crippen molar-refractivity contribution in [3.8, 4) is 11.5 Å². The Morgan fingerprint density at radius 3 is 1.61 bits per heavy atom. The molecule has 31 heavy (non-hydrogen) atoms. The van der Waals surface area contributed by atoms with Crippen LogP contribution >= 0.6 is 0 Å². The molecular formula is C25H36N2O4. The summed E-state index contributed by atoms with van der Waals surface area (Å²) in [5, 5.41) is 26.7. The van der Waals surface area contributed by atoms with Crippen LogP contribution < -0.4 is 9.47 Å². The highest BCUT2D eigenvalue weighted by atomic mass is 16.5. The molecule has 170 valence electrons. The molecule has 0 saturated carbocycles. The number of aliphatic hydroxyl groups is 2. The SMILES string of the molecule is CCCCCOc1ccc(N=Nc2ccc(OCCCCCC(CO)CO)cc2)cc1. The molecule has 0 fully saturated rings. The van der Waals surface area contributed by atoms with Gasteiger partial charge in [-0.05, 0) is 67.8 Å². The summed E-state index contributed by atoms with van der Waals surface area (Å²) in [4.78, 5) is 0. The highest BCUT2D eigenvalue weighted by Crippen LogP contribution is 2.23. The van der Waals surface area contributed by atoms with E-state index in [0.29, 0.717) is 6.61 Å². The fourth-order valence-corrected chi connectivity index (χ4v) is 3.02. The smallest absolute Gasteiger partial charge is 0.119 e. The van der Waals surface area contributed by atoms with Gasteiger partial charge in [0.05, 0.1) is 24.6 Å². The van der Waals surface area contributed by atoms with Gasteiger partial charge in [-0.1, -0.05) is 32.6 Å². The Morgan fingerprint density at radius 1 is 0.677 bits per heavy atom. The second-order valence-corrected chi connectivity index (χ2v) is 7.67. The molecule has 2 aromatic carbocycles. The Balaban J connectivity index is 1.67. The number of rotatable bonds is 16. The average molecular weight is 429 g/mol. The molecule has 0 atom stereocenters. The Labute approximate surface area is 185 Å². The second-order valence-electron chi connectivity index (χ2n) is 7.67. The van der Waals surface area contributed by atoms with Crippen LogP contribution in [0, 0.1) is 5.92 Å². The lowest BCUT2D eigenvalue weighted by atomic mass is 10.0. The summed E-state index contributed by atoms with van der Waals surface area (Å²) in [6, 6.07) is 15.2.